The van der Waals surface area contributed by atoms with Crippen LogP contribution in [-0.2, 0) is 14.9 Å². The Morgan fingerprint density at radius 1 is 1.08 bits per heavy atom. The first kappa shape index (κ1) is 16.1. The van der Waals surface area contributed by atoms with Crippen LogP contribution in [-0.4, -0.2) is 63.3 Å². The number of ether oxygens (including phenoxy) is 1. The van der Waals surface area contributed by atoms with Crippen LogP contribution in [0.1, 0.15) is 24.8 Å². The van der Waals surface area contributed by atoms with Gasteiger partial charge in [0.15, 0.2) is 0 Å². The highest BCUT2D eigenvalue weighted by Gasteiger charge is 2.58. The van der Waals surface area contributed by atoms with Gasteiger partial charge in [-0.3, -0.25) is 9.69 Å². The number of carbonyl (C=O) groups excluding carboxylic acids is 1. The zero-order chi connectivity index (χ0) is 16.4. The highest BCUT2D eigenvalue weighted by Crippen LogP contribution is 2.57. The second-order valence-corrected chi connectivity index (χ2v) is 7.11. The van der Waals surface area contributed by atoms with Gasteiger partial charge in [0.05, 0.1) is 18.6 Å². The third-order valence-corrected chi connectivity index (χ3v) is 5.56. The lowest BCUT2D eigenvalue weighted by Crippen LogP contribution is -2.39. The fourth-order valence-electron chi connectivity index (χ4n) is 4.00. The molecule has 5 heteroatoms. The second kappa shape index (κ2) is 6.82. The molecule has 1 aromatic carbocycles. The second-order valence-electron chi connectivity index (χ2n) is 7.11. The number of anilines is 1. The number of fused-ring (bicyclic) bond motifs is 2. The summed E-state index contributed by atoms with van der Waals surface area (Å²) in [7, 11) is 0. The minimum atomic E-state index is -0.160. The first-order valence-electron chi connectivity index (χ1n) is 9.24. The third-order valence-electron chi connectivity index (χ3n) is 5.56. The van der Waals surface area contributed by atoms with E-state index >= 15 is 0 Å². The van der Waals surface area contributed by atoms with Crippen molar-refractivity contribution in [2.45, 2.75) is 24.7 Å². The van der Waals surface area contributed by atoms with Crippen molar-refractivity contribution in [3.05, 3.63) is 29.8 Å². The molecule has 1 N–H and O–H groups in total. The quantitative estimate of drug-likeness (QED) is 0.768. The van der Waals surface area contributed by atoms with Gasteiger partial charge >= 0.3 is 0 Å². The van der Waals surface area contributed by atoms with E-state index in [4.69, 9.17) is 4.74 Å². The first-order valence-corrected chi connectivity index (χ1v) is 9.24. The smallest absolute Gasteiger partial charge is 0.237 e. The number of hydrogen-bond acceptors (Lipinski definition) is 4. The van der Waals surface area contributed by atoms with E-state index in [1.807, 2.05) is 11.0 Å². The van der Waals surface area contributed by atoms with Crippen LogP contribution in [0.15, 0.2) is 24.3 Å². The molecule has 5 nitrogen and oxygen atoms in total. The molecule has 1 amide bonds. The van der Waals surface area contributed by atoms with Crippen LogP contribution in [0.2, 0.25) is 0 Å². The van der Waals surface area contributed by atoms with Gasteiger partial charge in [0, 0.05) is 31.9 Å². The fraction of sp³-hybridized carbons (Fsp3) is 0.632. The largest absolute Gasteiger partial charge is 0.379 e. The van der Waals surface area contributed by atoms with E-state index in [0.717, 1.165) is 77.4 Å². The monoisotopic (exact) mass is 329 g/mol. The highest BCUT2D eigenvalue weighted by molar-refractivity contribution is 6.10. The number of amides is 1. The highest BCUT2D eigenvalue weighted by atomic mass is 16.5. The summed E-state index contributed by atoms with van der Waals surface area (Å²) in [5.41, 5.74) is 2.23. The Labute approximate surface area is 144 Å². The van der Waals surface area contributed by atoms with Crippen molar-refractivity contribution in [2.75, 3.05) is 57.4 Å². The maximum Gasteiger partial charge on any atom is 0.237 e. The standard InChI is InChI=1S/C19H27N3O2/c23-18-19(6-7-19)16-4-1-2-5-17(16)22(18)11-9-20-8-3-10-21-12-14-24-15-13-21/h1-2,4-5,20H,3,6-15H2. The van der Waals surface area contributed by atoms with Crippen LogP contribution in [0.25, 0.3) is 0 Å². The predicted octanol–water partition coefficient (Wildman–Crippen LogP) is 1.38. The maximum atomic E-state index is 12.8. The number of morpholine rings is 1. The van der Waals surface area contributed by atoms with Crippen LogP contribution < -0.4 is 10.2 Å². The third kappa shape index (κ3) is 2.96. The summed E-state index contributed by atoms with van der Waals surface area (Å²) < 4.78 is 5.37. The van der Waals surface area contributed by atoms with Crippen molar-refractivity contribution in [3.63, 3.8) is 0 Å². The molecule has 2 fully saturated rings. The number of rotatable bonds is 7. The molecule has 24 heavy (non-hydrogen) atoms. The molecule has 1 aliphatic carbocycles. The van der Waals surface area contributed by atoms with Gasteiger partial charge in [0.2, 0.25) is 5.91 Å². The number of hydrogen-bond donors (Lipinski definition) is 1. The Morgan fingerprint density at radius 2 is 1.88 bits per heavy atom. The van der Waals surface area contributed by atoms with E-state index in [9.17, 15) is 4.79 Å². The van der Waals surface area contributed by atoms with Gasteiger partial charge in [-0.1, -0.05) is 18.2 Å². The molecule has 3 aliphatic rings. The molecule has 1 saturated carbocycles. The lowest BCUT2D eigenvalue weighted by Gasteiger charge is -2.26. The Kier molecular flexibility index (Phi) is 4.57. The van der Waals surface area contributed by atoms with Crippen LogP contribution in [0.5, 0.6) is 0 Å². The van der Waals surface area contributed by atoms with Crippen molar-refractivity contribution in [1.82, 2.24) is 10.2 Å². The molecule has 2 heterocycles. The van der Waals surface area contributed by atoms with Crippen molar-refractivity contribution >= 4 is 11.6 Å². The van der Waals surface area contributed by atoms with E-state index in [1.165, 1.54) is 5.56 Å². The lowest BCUT2D eigenvalue weighted by atomic mass is 9.98. The fourth-order valence-corrected chi connectivity index (χ4v) is 4.00. The van der Waals surface area contributed by atoms with Crippen LogP contribution in [0, 0.1) is 0 Å². The molecule has 0 aromatic heterocycles. The molecule has 0 bridgehead atoms. The summed E-state index contributed by atoms with van der Waals surface area (Å²) in [4.78, 5) is 17.2. The van der Waals surface area contributed by atoms with Crippen LogP contribution >= 0.6 is 0 Å². The summed E-state index contributed by atoms with van der Waals surface area (Å²) in [5.74, 6) is 0.318. The number of para-hydroxylation sites is 1. The molecule has 2 aliphatic heterocycles. The molecular formula is C19H27N3O2. The van der Waals surface area contributed by atoms with E-state index in [2.05, 4.69) is 28.4 Å². The molecule has 4 rings (SSSR count). The summed E-state index contributed by atoms with van der Waals surface area (Å²) in [6.45, 7) is 7.62. The number of nitrogens with one attached hydrogen (secondary N) is 1. The average Bonchev–Trinajstić information content (AvgIpc) is 3.39. The van der Waals surface area contributed by atoms with E-state index in [-0.39, 0.29) is 5.41 Å². The summed E-state index contributed by atoms with van der Waals surface area (Å²) in [5, 5.41) is 3.50. The Bertz CT molecular complexity index is 594. The van der Waals surface area contributed by atoms with Gasteiger partial charge < -0.3 is 15.0 Å². The zero-order valence-electron chi connectivity index (χ0n) is 14.3. The van der Waals surface area contributed by atoms with Crippen molar-refractivity contribution in [2.24, 2.45) is 0 Å². The molecule has 0 radical (unpaired) electrons. The van der Waals surface area contributed by atoms with Gasteiger partial charge in [0.1, 0.15) is 0 Å². The van der Waals surface area contributed by atoms with Gasteiger partial charge in [-0.25, -0.2) is 0 Å². The lowest BCUT2D eigenvalue weighted by molar-refractivity contribution is -0.120. The summed E-state index contributed by atoms with van der Waals surface area (Å²) in [6, 6.07) is 8.32. The van der Waals surface area contributed by atoms with Crippen LogP contribution in [0.3, 0.4) is 0 Å². The molecular weight excluding hydrogens is 302 g/mol. The zero-order valence-corrected chi connectivity index (χ0v) is 14.3. The summed E-state index contributed by atoms with van der Waals surface area (Å²) in [6.07, 6.45) is 3.19. The molecule has 0 atom stereocenters. The Hall–Kier alpha value is -1.43. The number of nitrogens with zero attached hydrogens (tertiary/aromatic N) is 2. The average molecular weight is 329 g/mol. The predicted molar refractivity (Wildman–Crippen MR) is 94.5 cm³/mol. The van der Waals surface area contributed by atoms with Crippen molar-refractivity contribution in [3.8, 4) is 0 Å². The Balaban J connectivity index is 1.21. The Morgan fingerprint density at radius 3 is 2.67 bits per heavy atom. The van der Waals surface area contributed by atoms with Crippen LogP contribution in [0.4, 0.5) is 5.69 Å². The topological polar surface area (TPSA) is 44.8 Å². The molecule has 1 saturated heterocycles. The molecule has 130 valence electrons. The van der Waals surface area contributed by atoms with Gasteiger partial charge in [-0.15, -0.1) is 0 Å². The van der Waals surface area contributed by atoms with Gasteiger partial charge in [-0.05, 0) is 44.0 Å². The van der Waals surface area contributed by atoms with Crippen molar-refractivity contribution < 1.29 is 9.53 Å². The maximum absolute atomic E-state index is 12.8. The minimum absolute atomic E-state index is 0.160. The number of carbonyl (C=O) groups is 1. The summed E-state index contributed by atoms with van der Waals surface area (Å²) >= 11 is 0. The van der Waals surface area contributed by atoms with Gasteiger partial charge in [-0.2, -0.15) is 0 Å². The SMILES string of the molecule is O=C1N(CCNCCCN2CCOCC2)c2ccccc2C12CC2. The van der Waals surface area contributed by atoms with E-state index in [1.54, 1.807) is 0 Å². The first-order chi connectivity index (χ1) is 11.8. The van der Waals surface area contributed by atoms with Crippen molar-refractivity contribution in [1.29, 1.82) is 0 Å². The minimum Gasteiger partial charge on any atom is -0.379 e. The molecule has 1 spiro atoms. The van der Waals surface area contributed by atoms with E-state index in [0.29, 0.717) is 5.91 Å². The van der Waals surface area contributed by atoms with E-state index < -0.39 is 0 Å². The number of benzene rings is 1. The molecule has 1 aromatic rings. The molecule has 0 unspecified atom stereocenters. The normalized spacial score (nSPS) is 22.2. The van der Waals surface area contributed by atoms with Gasteiger partial charge in [0.25, 0.3) is 0 Å².